The van der Waals surface area contributed by atoms with Crippen LogP contribution in [0, 0.1) is 12.3 Å². The van der Waals surface area contributed by atoms with Gasteiger partial charge in [0, 0.05) is 30.7 Å². The lowest BCUT2D eigenvalue weighted by Crippen LogP contribution is -2.43. The number of hydrogen-bond acceptors (Lipinski definition) is 2. The van der Waals surface area contributed by atoms with Gasteiger partial charge in [0.05, 0.1) is 0 Å². The first kappa shape index (κ1) is 16.4. The molecule has 1 fully saturated rings. The molecular weight excluding hydrogens is 256 g/mol. The van der Waals surface area contributed by atoms with Gasteiger partial charge >= 0.3 is 0 Å². The summed E-state index contributed by atoms with van der Waals surface area (Å²) in [5.41, 5.74) is 3.26. The van der Waals surface area contributed by atoms with E-state index in [-0.39, 0.29) is 0 Å². The first-order valence-electron chi connectivity index (χ1n) is 8.66. The van der Waals surface area contributed by atoms with Gasteiger partial charge in [0.2, 0.25) is 0 Å². The van der Waals surface area contributed by atoms with E-state index in [2.05, 4.69) is 55.4 Å². The van der Waals surface area contributed by atoms with E-state index in [0.717, 1.165) is 13.1 Å². The molecule has 118 valence electrons. The Morgan fingerprint density at radius 3 is 2.33 bits per heavy atom. The summed E-state index contributed by atoms with van der Waals surface area (Å²) >= 11 is 0. The molecule has 1 aliphatic rings. The van der Waals surface area contributed by atoms with Crippen LogP contribution in [0.1, 0.15) is 51.0 Å². The minimum absolute atomic E-state index is 0.448. The van der Waals surface area contributed by atoms with E-state index in [1.807, 2.05) is 0 Å². The Morgan fingerprint density at radius 2 is 1.76 bits per heavy atom. The molecule has 1 aromatic rings. The highest BCUT2D eigenvalue weighted by Gasteiger charge is 2.32. The molecule has 2 heteroatoms. The summed E-state index contributed by atoms with van der Waals surface area (Å²) in [5.74, 6) is 0. The van der Waals surface area contributed by atoms with Crippen molar-refractivity contribution in [2.24, 2.45) is 5.41 Å². The summed E-state index contributed by atoms with van der Waals surface area (Å²) in [7, 11) is 2.11. The second kappa shape index (κ2) is 7.84. The van der Waals surface area contributed by atoms with Gasteiger partial charge in [-0.25, -0.2) is 0 Å². The lowest BCUT2D eigenvalue weighted by atomic mass is 9.79. The van der Waals surface area contributed by atoms with Gasteiger partial charge in [0.1, 0.15) is 0 Å². The van der Waals surface area contributed by atoms with Gasteiger partial charge in [0.15, 0.2) is 0 Å². The number of hydrogen-bond donors (Lipinski definition) is 1. The van der Waals surface area contributed by atoms with Crippen LogP contribution in [-0.4, -0.2) is 26.7 Å². The van der Waals surface area contributed by atoms with E-state index >= 15 is 0 Å². The molecule has 0 unspecified atom stereocenters. The van der Waals surface area contributed by atoms with Crippen molar-refractivity contribution in [3.8, 4) is 0 Å². The molecule has 0 heterocycles. The molecule has 2 rings (SSSR count). The molecule has 0 atom stereocenters. The van der Waals surface area contributed by atoms with Crippen LogP contribution in [0.4, 0.5) is 5.69 Å². The van der Waals surface area contributed by atoms with E-state index in [0.29, 0.717) is 5.41 Å². The summed E-state index contributed by atoms with van der Waals surface area (Å²) in [6, 6.07) is 8.82. The quantitative estimate of drug-likeness (QED) is 0.781. The van der Waals surface area contributed by atoms with Crippen LogP contribution >= 0.6 is 0 Å². The SMILES string of the molecule is CCN(CC1(CNC)CCCCCC1)c1ccccc1C. The lowest BCUT2D eigenvalue weighted by Gasteiger charge is -2.39. The number of rotatable bonds is 6. The highest BCUT2D eigenvalue weighted by atomic mass is 15.1. The van der Waals surface area contributed by atoms with Crippen LogP contribution in [0.15, 0.2) is 24.3 Å². The van der Waals surface area contributed by atoms with Crippen molar-refractivity contribution in [2.45, 2.75) is 52.4 Å². The molecule has 1 N–H and O–H groups in total. The molecule has 0 aliphatic heterocycles. The molecule has 0 spiro atoms. The summed E-state index contributed by atoms with van der Waals surface area (Å²) < 4.78 is 0. The molecule has 21 heavy (non-hydrogen) atoms. The van der Waals surface area contributed by atoms with E-state index in [1.165, 1.54) is 56.3 Å². The predicted molar refractivity (Wildman–Crippen MR) is 93.1 cm³/mol. The van der Waals surface area contributed by atoms with Crippen molar-refractivity contribution >= 4 is 5.69 Å². The number of aryl methyl sites for hydroxylation is 1. The highest BCUT2D eigenvalue weighted by molar-refractivity contribution is 5.53. The molecule has 0 amide bonds. The number of nitrogens with zero attached hydrogens (tertiary/aromatic N) is 1. The molecule has 2 nitrogen and oxygen atoms in total. The average Bonchev–Trinajstić information content (AvgIpc) is 2.72. The zero-order valence-electron chi connectivity index (χ0n) is 14.1. The van der Waals surface area contributed by atoms with Gasteiger partial charge in [-0.05, 0) is 45.4 Å². The van der Waals surface area contributed by atoms with Crippen LogP contribution in [0.3, 0.4) is 0 Å². The third-order valence-corrected chi connectivity index (χ3v) is 5.08. The Morgan fingerprint density at radius 1 is 1.10 bits per heavy atom. The Bertz CT molecular complexity index is 419. The summed E-state index contributed by atoms with van der Waals surface area (Å²) in [6.45, 7) is 7.95. The maximum absolute atomic E-state index is 3.47. The third kappa shape index (κ3) is 4.23. The Labute approximate surface area is 130 Å². The molecule has 1 aliphatic carbocycles. The van der Waals surface area contributed by atoms with Crippen LogP contribution in [-0.2, 0) is 0 Å². The number of benzene rings is 1. The minimum Gasteiger partial charge on any atom is -0.371 e. The van der Waals surface area contributed by atoms with Crippen molar-refractivity contribution in [2.75, 3.05) is 31.6 Å². The fourth-order valence-electron chi connectivity index (χ4n) is 3.93. The first-order valence-corrected chi connectivity index (χ1v) is 8.66. The van der Waals surface area contributed by atoms with Gasteiger partial charge in [-0.3, -0.25) is 0 Å². The fourth-order valence-corrected chi connectivity index (χ4v) is 3.93. The van der Waals surface area contributed by atoms with Crippen molar-refractivity contribution < 1.29 is 0 Å². The zero-order chi connectivity index (χ0) is 15.1. The second-order valence-electron chi connectivity index (χ2n) is 6.75. The van der Waals surface area contributed by atoms with Gasteiger partial charge in [-0.2, -0.15) is 0 Å². The Kier molecular flexibility index (Phi) is 6.10. The third-order valence-electron chi connectivity index (χ3n) is 5.08. The van der Waals surface area contributed by atoms with Crippen molar-refractivity contribution in [1.82, 2.24) is 5.32 Å². The predicted octanol–water partition coefficient (Wildman–Crippen LogP) is 4.38. The number of nitrogens with one attached hydrogen (secondary N) is 1. The molecule has 0 radical (unpaired) electrons. The Balaban J connectivity index is 2.19. The standard InChI is InChI=1S/C19H32N2/c1-4-21(18-12-8-7-11-17(18)2)16-19(15-20-3)13-9-5-6-10-14-19/h7-8,11-12,20H,4-6,9-10,13-16H2,1-3H3. The molecule has 0 saturated heterocycles. The van der Waals surface area contributed by atoms with E-state index in [9.17, 15) is 0 Å². The smallest absolute Gasteiger partial charge is 0.0396 e. The van der Waals surface area contributed by atoms with Crippen molar-refractivity contribution in [3.63, 3.8) is 0 Å². The van der Waals surface area contributed by atoms with Gasteiger partial charge in [-0.15, -0.1) is 0 Å². The largest absolute Gasteiger partial charge is 0.371 e. The Hall–Kier alpha value is -1.02. The van der Waals surface area contributed by atoms with Gasteiger partial charge in [-0.1, -0.05) is 43.9 Å². The van der Waals surface area contributed by atoms with Crippen LogP contribution in [0.25, 0.3) is 0 Å². The second-order valence-corrected chi connectivity index (χ2v) is 6.75. The summed E-state index contributed by atoms with van der Waals surface area (Å²) in [5, 5.41) is 3.47. The lowest BCUT2D eigenvalue weighted by molar-refractivity contribution is 0.243. The zero-order valence-corrected chi connectivity index (χ0v) is 14.1. The van der Waals surface area contributed by atoms with E-state index in [1.54, 1.807) is 0 Å². The van der Waals surface area contributed by atoms with E-state index in [4.69, 9.17) is 0 Å². The van der Waals surface area contributed by atoms with Crippen molar-refractivity contribution in [3.05, 3.63) is 29.8 Å². The monoisotopic (exact) mass is 288 g/mol. The number of anilines is 1. The maximum Gasteiger partial charge on any atom is 0.0396 e. The van der Waals surface area contributed by atoms with Crippen LogP contribution in [0.5, 0.6) is 0 Å². The highest BCUT2D eigenvalue weighted by Crippen LogP contribution is 2.36. The minimum atomic E-state index is 0.448. The molecule has 1 saturated carbocycles. The molecular formula is C19H32N2. The maximum atomic E-state index is 3.47. The summed E-state index contributed by atoms with van der Waals surface area (Å²) in [6.07, 6.45) is 8.37. The van der Waals surface area contributed by atoms with Crippen LogP contribution < -0.4 is 10.2 Å². The van der Waals surface area contributed by atoms with Crippen molar-refractivity contribution in [1.29, 1.82) is 0 Å². The van der Waals surface area contributed by atoms with Gasteiger partial charge < -0.3 is 10.2 Å². The topological polar surface area (TPSA) is 15.3 Å². The average molecular weight is 288 g/mol. The molecule has 1 aromatic carbocycles. The first-order chi connectivity index (χ1) is 10.2. The fraction of sp³-hybridized carbons (Fsp3) is 0.684. The molecule has 0 bridgehead atoms. The normalized spacial score (nSPS) is 18.2. The van der Waals surface area contributed by atoms with E-state index < -0.39 is 0 Å². The summed E-state index contributed by atoms with van der Waals surface area (Å²) in [4.78, 5) is 2.60. The van der Waals surface area contributed by atoms with Crippen LogP contribution in [0.2, 0.25) is 0 Å². The number of para-hydroxylation sites is 1. The van der Waals surface area contributed by atoms with Gasteiger partial charge in [0.25, 0.3) is 0 Å². The molecule has 0 aromatic heterocycles.